The molecular formula is C55H35N5. The van der Waals surface area contributed by atoms with E-state index in [1.54, 1.807) is 0 Å². The number of rotatable bonds is 5. The van der Waals surface area contributed by atoms with E-state index in [9.17, 15) is 0 Å². The Morgan fingerprint density at radius 3 is 1.23 bits per heavy atom. The van der Waals surface area contributed by atoms with Crippen LogP contribution in [0.5, 0.6) is 0 Å². The topological polar surface area (TPSA) is 32.1 Å². The quantitative estimate of drug-likeness (QED) is 0.172. The summed E-state index contributed by atoms with van der Waals surface area (Å²) in [5, 5.41) is 7.42. The third-order valence-electron chi connectivity index (χ3n) is 12.4. The molecule has 5 aromatic heterocycles. The molecule has 0 bridgehead atoms. The highest BCUT2D eigenvalue weighted by atomic mass is 15.0. The average molecular weight is 766 g/mol. The summed E-state index contributed by atoms with van der Waals surface area (Å²) in [6.07, 6.45) is 2.11. The minimum absolute atomic E-state index is 0.927. The van der Waals surface area contributed by atoms with Crippen molar-refractivity contribution in [3.63, 3.8) is 0 Å². The van der Waals surface area contributed by atoms with Crippen LogP contribution in [0.2, 0.25) is 0 Å². The van der Waals surface area contributed by atoms with E-state index in [0.29, 0.717) is 0 Å². The maximum absolute atomic E-state index is 5.10. The molecule has 8 aromatic carbocycles. The standard InChI is InChI=1S/C55H35N5/c1-2-14-36(15-3-1)54-55(57-33-13-12-24-53(57)56-54)37-25-27-38(28-26-37)58-51-31-29-39(59-47-20-8-4-16-41(47)42-17-5-9-21-48(42)59)34-45(51)46-35-40(30-32-52(46)58)60-49-22-10-6-18-43(49)44-19-7-11-23-50(44)60/h1-35H. The zero-order valence-electron chi connectivity index (χ0n) is 32.4. The SMILES string of the molecule is c1ccc(-c2nc3ccccn3c2-c2ccc(-n3c4ccc(-n5c6ccccc6c6ccccc65)cc4c4cc(-n5c6ccccc6c6ccccc65)ccc43)cc2)cc1. The van der Waals surface area contributed by atoms with E-state index < -0.39 is 0 Å². The molecule has 13 aromatic rings. The Morgan fingerprint density at radius 1 is 0.300 bits per heavy atom. The van der Waals surface area contributed by atoms with Crippen LogP contribution in [0.25, 0.3) is 111 Å². The molecule has 0 aliphatic heterocycles. The number of fused-ring (bicyclic) bond motifs is 10. The van der Waals surface area contributed by atoms with Gasteiger partial charge in [0.1, 0.15) is 5.65 Å². The molecule has 60 heavy (non-hydrogen) atoms. The first-order valence-corrected chi connectivity index (χ1v) is 20.5. The van der Waals surface area contributed by atoms with Gasteiger partial charge in [0.15, 0.2) is 0 Å². The van der Waals surface area contributed by atoms with Gasteiger partial charge < -0.3 is 13.7 Å². The molecule has 13 rings (SSSR count). The van der Waals surface area contributed by atoms with Crippen LogP contribution >= 0.6 is 0 Å². The summed E-state index contributed by atoms with van der Waals surface area (Å²) >= 11 is 0. The number of benzene rings is 8. The summed E-state index contributed by atoms with van der Waals surface area (Å²) in [5.74, 6) is 0. The minimum atomic E-state index is 0.927. The van der Waals surface area contributed by atoms with Crippen LogP contribution in [0, 0.1) is 0 Å². The van der Waals surface area contributed by atoms with Crippen LogP contribution in [0.1, 0.15) is 0 Å². The van der Waals surface area contributed by atoms with Gasteiger partial charge in [-0.1, -0.05) is 121 Å². The summed E-state index contributed by atoms with van der Waals surface area (Å²) < 4.78 is 9.45. The van der Waals surface area contributed by atoms with E-state index in [2.05, 4.69) is 224 Å². The highest BCUT2D eigenvalue weighted by Gasteiger charge is 2.20. The molecule has 0 aliphatic carbocycles. The van der Waals surface area contributed by atoms with Crippen LogP contribution in [0.3, 0.4) is 0 Å². The van der Waals surface area contributed by atoms with Gasteiger partial charge in [0, 0.05) is 66.7 Å². The first-order chi connectivity index (χ1) is 29.8. The van der Waals surface area contributed by atoms with Crippen LogP contribution in [0.15, 0.2) is 212 Å². The van der Waals surface area contributed by atoms with Crippen molar-refractivity contribution in [1.29, 1.82) is 0 Å². The molecule has 0 saturated carbocycles. The number of hydrogen-bond donors (Lipinski definition) is 0. The van der Waals surface area contributed by atoms with Crippen molar-refractivity contribution in [3.05, 3.63) is 212 Å². The molecule has 5 heteroatoms. The molecule has 0 unspecified atom stereocenters. The van der Waals surface area contributed by atoms with Gasteiger partial charge in [-0.3, -0.25) is 4.40 Å². The fourth-order valence-electron chi connectivity index (χ4n) is 9.79. The number of nitrogens with zero attached hydrogens (tertiary/aromatic N) is 5. The molecule has 280 valence electrons. The lowest BCUT2D eigenvalue weighted by Gasteiger charge is -2.12. The zero-order chi connectivity index (χ0) is 39.3. The molecule has 0 amide bonds. The Bertz CT molecular complexity index is 3540. The number of para-hydroxylation sites is 4. The van der Waals surface area contributed by atoms with Gasteiger partial charge in [0.05, 0.1) is 44.5 Å². The monoisotopic (exact) mass is 765 g/mol. The molecule has 0 saturated heterocycles. The predicted molar refractivity (Wildman–Crippen MR) is 249 cm³/mol. The van der Waals surface area contributed by atoms with E-state index in [0.717, 1.165) is 56.3 Å². The first kappa shape index (κ1) is 32.9. The Labute approximate surface area is 344 Å². The van der Waals surface area contributed by atoms with Crippen molar-refractivity contribution < 1.29 is 0 Å². The van der Waals surface area contributed by atoms with E-state index in [4.69, 9.17) is 4.98 Å². The fraction of sp³-hybridized carbons (Fsp3) is 0. The van der Waals surface area contributed by atoms with Gasteiger partial charge in [-0.2, -0.15) is 0 Å². The van der Waals surface area contributed by atoms with E-state index in [1.165, 1.54) is 54.4 Å². The molecule has 0 atom stereocenters. The third-order valence-corrected chi connectivity index (χ3v) is 12.4. The highest BCUT2D eigenvalue weighted by molar-refractivity contribution is 6.14. The molecule has 0 radical (unpaired) electrons. The molecule has 0 aliphatic rings. The van der Waals surface area contributed by atoms with Gasteiger partial charge in [-0.25, -0.2) is 4.98 Å². The molecular weight excluding hydrogens is 731 g/mol. The summed E-state index contributed by atoms with van der Waals surface area (Å²) in [5.41, 5.74) is 15.7. The molecule has 0 fully saturated rings. The molecule has 5 nitrogen and oxygen atoms in total. The number of aromatic nitrogens is 5. The lowest BCUT2D eigenvalue weighted by atomic mass is 10.0. The third kappa shape index (κ3) is 4.71. The van der Waals surface area contributed by atoms with Gasteiger partial charge >= 0.3 is 0 Å². The highest BCUT2D eigenvalue weighted by Crippen LogP contribution is 2.40. The summed E-state index contributed by atoms with van der Waals surface area (Å²) in [4.78, 5) is 5.10. The number of pyridine rings is 1. The Balaban J connectivity index is 1.05. The van der Waals surface area contributed by atoms with Gasteiger partial charge in [-0.05, 0) is 84.9 Å². The normalized spacial score (nSPS) is 12.0. The molecule has 0 N–H and O–H groups in total. The van der Waals surface area contributed by atoms with E-state index in [-0.39, 0.29) is 0 Å². The van der Waals surface area contributed by atoms with Crippen molar-refractivity contribution in [2.24, 2.45) is 0 Å². The Hall–Kier alpha value is -8.15. The van der Waals surface area contributed by atoms with Crippen molar-refractivity contribution in [3.8, 4) is 39.6 Å². The summed E-state index contributed by atoms with van der Waals surface area (Å²) in [6, 6.07) is 74.6. The predicted octanol–water partition coefficient (Wildman–Crippen LogP) is 14.0. The molecule has 0 spiro atoms. The van der Waals surface area contributed by atoms with Crippen LogP contribution < -0.4 is 0 Å². The summed E-state index contributed by atoms with van der Waals surface area (Å²) in [7, 11) is 0. The number of hydrogen-bond acceptors (Lipinski definition) is 1. The van der Waals surface area contributed by atoms with Crippen LogP contribution in [0.4, 0.5) is 0 Å². The van der Waals surface area contributed by atoms with E-state index >= 15 is 0 Å². The fourth-order valence-corrected chi connectivity index (χ4v) is 9.79. The smallest absolute Gasteiger partial charge is 0.137 e. The van der Waals surface area contributed by atoms with Crippen LogP contribution in [-0.2, 0) is 0 Å². The molecule has 5 heterocycles. The van der Waals surface area contributed by atoms with Gasteiger partial charge in [0.2, 0.25) is 0 Å². The zero-order valence-corrected chi connectivity index (χ0v) is 32.4. The van der Waals surface area contributed by atoms with Gasteiger partial charge in [-0.15, -0.1) is 0 Å². The second-order valence-electron chi connectivity index (χ2n) is 15.6. The van der Waals surface area contributed by atoms with Crippen molar-refractivity contribution in [2.45, 2.75) is 0 Å². The minimum Gasteiger partial charge on any atom is -0.309 e. The second-order valence-corrected chi connectivity index (χ2v) is 15.6. The Morgan fingerprint density at radius 2 is 0.717 bits per heavy atom. The average Bonchev–Trinajstić information content (AvgIpc) is 4.06. The van der Waals surface area contributed by atoms with Crippen molar-refractivity contribution >= 4 is 71.1 Å². The number of imidazole rings is 1. The first-order valence-electron chi connectivity index (χ1n) is 20.5. The largest absolute Gasteiger partial charge is 0.309 e. The summed E-state index contributed by atoms with van der Waals surface area (Å²) in [6.45, 7) is 0. The maximum Gasteiger partial charge on any atom is 0.137 e. The lowest BCUT2D eigenvalue weighted by Crippen LogP contribution is -1.97. The van der Waals surface area contributed by atoms with E-state index in [1.807, 2.05) is 6.07 Å². The van der Waals surface area contributed by atoms with Crippen LogP contribution in [-0.4, -0.2) is 23.1 Å². The second kappa shape index (κ2) is 12.7. The maximum atomic E-state index is 5.10. The van der Waals surface area contributed by atoms with Gasteiger partial charge in [0.25, 0.3) is 0 Å². The Kier molecular flexibility index (Phi) is 6.95. The van der Waals surface area contributed by atoms with Crippen molar-refractivity contribution in [1.82, 2.24) is 23.1 Å². The van der Waals surface area contributed by atoms with Crippen molar-refractivity contribution in [2.75, 3.05) is 0 Å². The lowest BCUT2D eigenvalue weighted by molar-refractivity contribution is 1.16.